The molecule has 1 fully saturated rings. The SMILES string of the molecule is CC(CNCc1[c]cccc1)C1CCNCC1. The Morgan fingerprint density at radius 1 is 1.41 bits per heavy atom. The van der Waals surface area contributed by atoms with Crippen LogP contribution in [0.4, 0.5) is 0 Å². The molecule has 1 aliphatic heterocycles. The second-order valence-corrected chi connectivity index (χ2v) is 5.08. The predicted octanol–water partition coefficient (Wildman–Crippen LogP) is 2.21. The highest BCUT2D eigenvalue weighted by molar-refractivity contribution is 5.12. The molecule has 2 N–H and O–H groups in total. The summed E-state index contributed by atoms with van der Waals surface area (Å²) in [5.41, 5.74) is 1.25. The van der Waals surface area contributed by atoms with Crippen molar-refractivity contribution in [1.82, 2.24) is 10.6 Å². The molecule has 17 heavy (non-hydrogen) atoms. The van der Waals surface area contributed by atoms with E-state index >= 15 is 0 Å². The molecule has 1 saturated heterocycles. The Hall–Kier alpha value is -0.860. The third kappa shape index (κ3) is 4.14. The number of nitrogens with one attached hydrogen (secondary N) is 2. The van der Waals surface area contributed by atoms with Crippen molar-refractivity contribution in [3.05, 3.63) is 35.9 Å². The van der Waals surface area contributed by atoms with Gasteiger partial charge in [0.2, 0.25) is 0 Å². The molecular weight excluding hydrogens is 208 g/mol. The molecule has 0 aliphatic carbocycles. The van der Waals surface area contributed by atoms with E-state index in [2.05, 4.69) is 35.8 Å². The first-order valence-corrected chi connectivity index (χ1v) is 6.73. The van der Waals surface area contributed by atoms with Gasteiger partial charge in [-0.2, -0.15) is 0 Å². The normalized spacial score (nSPS) is 19.1. The number of benzene rings is 1. The molecule has 93 valence electrons. The maximum Gasteiger partial charge on any atom is 0.0211 e. The zero-order chi connectivity index (χ0) is 11.9. The molecule has 1 heterocycles. The van der Waals surface area contributed by atoms with E-state index in [1.54, 1.807) is 0 Å². The van der Waals surface area contributed by atoms with Gasteiger partial charge < -0.3 is 10.6 Å². The van der Waals surface area contributed by atoms with Crippen LogP contribution < -0.4 is 10.6 Å². The molecule has 0 spiro atoms. The van der Waals surface area contributed by atoms with Crippen LogP contribution >= 0.6 is 0 Å². The Balaban J connectivity index is 1.67. The third-order valence-electron chi connectivity index (χ3n) is 3.74. The fourth-order valence-electron chi connectivity index (χ4n) is 2.55. The minimum Gasteiger partial charge on any atom is -0.317 e. The first kappa shape index (κ1) is 12.6. The fraction of sp³-hybridized carbons (Fsp3) is 0.600. The van der Waals surface area contributed by atoms with Crippen molar-refractivity contribution in [2.45, 2.75) is 26.3 Å². The summed E-state index contributed by atoms with van der Waals surface area (Å²) in [5.74, 6) is 1.67. The topological polar surface area (TPSA) is 24.1 Å². The molecular formula is C15H23N2. The van der Waals surface area contributed by atoms with Crippen LogP contribution in [0.1, 0.15) is 25.3 Å². The third-order valence-corrected chi connectivity index (χ3v) is 3.74. The Morgan fingerprint density at radius 3 is 2.94 bits per heavy atom. The monoisotopic (exact) mass is 231 g/mol. The Bertz CT molecular complexity index is 304. The lowest BCUT2D eigenvalue weighted by atomic mass is 9.86. The van der Waals surface area contributed by atoms with Gasteiger partial charge in [-0.05, 0) is 55.9 Å². The zero-order valence-electron chi connectivity index (χ0n) is 10.7. The second-order valence-electron chi connectivity index (χ2n) is 5.08. The van der Waals surface area contributed by atoms with Gasteiger partial charge in [0.15, 0.2) is 0 Å². The smallest absolute Gasteiger partial charge is 0.0211 e. The van der Waals surface area contributed by atoms with E-state index < -0.39 is 0 Å². The van der Waals surface area contributed by atoms with E-state index in [0.29, 0.717) is 0 Å². The highest BCUT2D eigenvalue weighted by Gasteiger charge is 2.19. The molecule has 2 rings (SSSR count). The van der Waals surface area contributed by atoms with Crippen molar-refractivity contribution in [1.29, 1.82) is 0 Å². The van der Waals surface area contributed by atoms with E-state index in [0.717, 1.165) is 24.9 Å². The van der Waals surface area contributed by atoms with Gasteiger partial charge in [0.1, 0.15) is 0 Å². The molecule has 1 unspecified atom stereocenters. The van der Waals surface area contributed by atoms with E-state index in [4.69, 9.17) is 0 Å². The molecule has 1 aromatic rings. The van der Waals surface area contributed by atoms with Crippen LogP contribution in [0.3, 0.4) is 0 Å². The summed E-state index contributed by atoms with van der Waals surface area (Å²) in [5, 5.41) is 6.97. The average Bonchev–Trinajstić information content (AvgIpc) is 2.41. The molecule has 0 bridgehead atoms. The van der Waals surface area contributed by atoms with Crippen LogP contribution in [-0.2, 0) is 6.54 Å². The van der Waals surface area contributed by atoms with Gasteiger partial charge >= 0.3 is 0 Å². The van der Waals surface area contributed by atoms with Crippen molar-refractivity contribution in [2.24, 2.45) is 11.8 Å². The van der Waals surface area contributed by atoms with Gasteiger partial charge in [0, 0.05) is 6.54 Å². The lowest BCUT2D eigenvalue weighted by molar-refractivity contribution is 0.267. The van der Waals surface area contributed by atoms with E-state index in [1.807, 2.05) is 12.1 Å². The molecule has 0 saturated carbocycles. The average molecular weight is 231 g/mol. The standard InChI is InChI=1S/C15H23N2/c1-13(15-7-9-16-10-8-15)11-17-12-14-5-3-2-4-6-14/h2-5,13,15-17H,7-12H2,1H3. The molecule has 2 heteroatoms. The summed E-state index contributed by atoms with van der Waals surface area (Å²) in [7, 11) is 0. The number of hydrogen-bond donors (Lipinski definition) is 2. The van der Waals surface area contributed by atoms with Crippen molar-refractivity contribution in [2.75, 3.05) is 19.6 Å². The lowest BCUT2D eigenvalue weighted by Gasteiger charge is -2.28. The number of hydrogen-bond acceptors (Lipinski definition) is 2. The van der Waals surface area contributed by atoms with E-state index in [-0.39, 0.29) is 0 Å². The maximum absolute atomic E-state index is 3.55. The summed E-state index contributed by atoms with van der Waals surface area (Å²) < 4.78 is 0. The summed E-state index contributed by atoms with van der Waals surface area (Å²) in [6.07, 6.45) is 2.67. The summed E-state index contributed by atoms with van der Waals surface area (Å²) in [6, 6.07) is 11.4. The van der Waals surface area contributed by atoms with Gasteiger partial charge in [-0.1, -0.05) is 31.2 Å². The molecule has 1 aromatic carbocycles. The molecule has 0 aromatic heterocycles. The van der Waals surface area contributed by atoms with Crippen LogP contribution in [0.15, 0.2) is 24.3 Å². The van der Waals surface area contributed by atoms with Gasteiger partial charge in [-0.3, -0.25) is 0 Å². The van der Waals surface area contributed by atoms with E-state index in [1.165, 1.54) is 31.5 Å². The van der Waals surface area contributed by atoms with Gasteiger partial charge in [-0.15, -0.1) is 0 Å². The second kappa shape index (κ2) is 6.77. The van der Waals surface area contributed by atoms with Crippen molar-refractivity contribution < 1.29 is 0 Å². The first-order valence-electron chi connectivity index (χ1n) is 6.73. The van der Waals surface area contributed by atoms with Crippen molar-refractivity contribution in [3.8, 4) is 0 Å². The molecule has 1 radical (unpaired) electrons. The minimum atomic E-state index is 0.779. The Kier molecular flexibility index (Phi) is 5.02. The quantitative estimate of drug-likeness (QED) is 0.812. The van der Waals surface area contributed by atoms with Crippen LogP contribution in [0.25, 0.3) is 0 Å². The highest BCUT2D eigenvalue weighted by atomic mass is 14.9. The maximum atomic E-state index is 3.55. The predicted molar refractivity (Wildman–Crippen MR) is 71.7 cm³/mol. The van der Waals surface area contributed by atoms with Gasteiger partial charge in [0.25, 0.3) is 0 Å². The van der Waals surface area contributed by atoms with Crippen molar-refractivity contribution >= 4 is 0 Å². The number of piperidine rings is 1. The van der Waals surface area contributed by atoms with Crippen LogP contribution in [0.2, 0.25) is 0 Å². The summed E-state index contributed by atoms with van der Waals surface area (Å²) in [6.45, 7) is 6.82. The Labute approximate surface area is 105 Å². The zero-order valence-corrected chi connectivity index (χ0v) is 10.7. The number of rotatable bonds is 5. The summed E-state index contributed by atoms with van der Waals surface area (Å²) in [4.78, 5) is 0. The van der Waals surface area contributed by atoms with Crippen molar-refractivity contribution in [3.63, 3.8) is 0 Å². The van der Waals surface area contributed by atoms with Crippen LogP contribution in [0.5, 0.6) is 0 Å². The van der Waals surface area contributed by atoms with E-state index in [9.17, 15) is 0 Å². The van der Waals surface area contributed by atoms with Gasteiger partial charge in [0.05, 0.1) is 0 Å². The highest BCUT2D eigenvalue weighted by Crippen LogP contribution is 2.20. The molecule has 1 atom stereocenters. The van der Waals surface area contributed by atoms with Gasteiger partial charge in [-0.25, -0.2) is 0 Å². The summed E-state index contributed by atoms with van der Waals surface area (Å²) >= 11 is 0. The first-order chi connectivity index (χ1) is 8.36. The molecule has 0 amide bonds. The fourth-order valence-corrected chi connectivity index (χ4v) is 2.55. The molecule has 2 nitrogen and oxygen atoms in total. The lowest BCUT2D eigenvalue weighted by Crippen LogP contribution is -2.34. The Morgan fingerprint density at radius 2 is 2.24 bits per heavy atom. The molecule has 1 aliphatic rings. The van der Waals surface area contributed by atoms with Crippen LogP contribution in [-0.4, -0.2) is 19.6 Å². The van der Waals surface area contributed by atoms with Crippen LogP contribution in [0, 0.1) is 17.9 Å². The minimum absolute atomic E-state index is 0.779. The largest absolute Gasteiger partial charge is 0.317 e.